The quantitative estimate of drug-likeness (QED) is 0.912. The molecule has 1 fully saturated rings. The molecule has 7 heteroatoms. The normalized spacial score (nSPS) is 19.6. The smallest absolute Gasteiger partial charge is 0.326 e. The number of likely N-dealkylation sites (tertiary alicyclic amines) is 1. The van der Waals surface area contributed by atoms with E-state index >= 15 is 0 Å². The van der Waals surface area contributed by atoms with Gasteiger partial charge in [-0.05, 0) is 18.9 Å². The van der Waals surface area contributed by atoms with Gasteiger partial charge in [0.05, 0.1) is 9.90 Å². The number of amides is 1. The lowest BCUT2D eigenvalue weighted by Gasteiger charge is -2.20. The number of nitrogens with zero attached hydrogens (tertiary/aromatic N) is 1. The average molecular weight is 294 g/mol. The molecule has 2 heterocycles. The number of halogens is 2. The summed E-state index contributed by atoms with van der Waals surface area (Å²) in [4.78, 5) is 24.4. The predicted molar refractivity (Wildman–Crippen MR) is 66.0 cm³/mol. The highest BCUT2D eigenvalue weighted by Gasteiger charge is 2.35. The van der Waals surface area contributed by atoms with Crippen LogP contribution in [0.5, 0.6) is 0 Å². The number of carbonyl (C=O) groups is 2. The molecule has 1 aliphatic heterocycles. The van der Waals surface area contributed by atoms with Gasteiger partial charge in [0.25, 0.3) is 5.91 Å². The fourth-order valence-corrected chi connectivity index (χ4v) is 3.36. The van der Waals surface area contributed by atoms with Crippen LogP contribution in [-0.4, -0.2) is 34.5 Å². The van der Waals surface area contributed by atoms with E-state index in [1.54, 1.807) is 0 Å². The predicted octanol–water partition coefficient (Wildman–Crippen LogP) is 2.74. The monoisotopic (exact) mass is 293 g/mol. The molecule has 92 valence electrons. The summed E-state index contributed by atoms with van der Waals surface area (Å²) >= 11 is 12.7. The van der Waals surface area contributed by atoms with Crippen LogP contribution in [0, 0.1) is 0 Å². The molecular weight excluding hydrogens is 285 g/mol. The highest BCUT2D eigenvalue weighted by atomic mass is 35.5. The lowest BCUT2D eigenvalue weighted by Crippen LogP contribution is -2.40. The fourth-order valence-electron chi connectivity index (χ4n) is 1.91. The van der Waals surface area contributed by atoms with Gasteiger partial charge in [-0.1, -0.05) is 23.2 Å². The van der Waals surface area contributed by atoms with Crippen LogP contribution in [0.25, 0.3) is 0 Å². The first-order valence-corrected chi connectivity index (χ1v) is 6.56. The van der Waals surface area contributed by atoms with E-state index in [0.29, 0.717) is 28.1 Å². The van der Waals surface area contributed by atoms with Crippen LogP contribution in [0.15, 0.2) is 6.07 Å². The molecule has 1 aliphatic rings. The highest BCUT2D eigenvalue weighted by molar-refractivity contribution is 7.20. The molecule has 17 heavy (non-hydrogen) atoms. The summed E-state index contributed by atoms with van der Waals surface area (Å²) in [7, 11) is 0. The molecule has 2 rings (SSSR count). The molecule has 1 aromatic heterocycles. The number of carbonyl (C=O) groups excluding carboxylic acids is 1. The minimum atomic E-state index is -0.978. The third-order valence-corrected chi connectivity index (χ3v) is 4.17. The zero-order valence-electron chi connectivity index (χ0n) is 8.65. The maximum Gasteiger partial charge on any atom is 0.326 e. The first-order chi connectivity index (χ1) is 8.00. The second-order valence-corrected chi connectivity index (χ2v) is 6.02. The van der Waals surface area contributed by atoms with Gasteiger partial charge in [-0.3, -0.25) is 4.79 Å². The van der Waals surface area contributed by atoms with Gasteiger partial charge in [-0.15, -0.1) is 11.3 Å². The van der Waals surface area contributed by atoms with Crippen LogP contribution in [0.4, 0.5) is 0 Å². The van der Waals surface area contributed by atoms with Crippen molar-refractivity contribution in [2.75, 3.05) is 6.54 Å². The minimum Gasteiger partial charge on any atom is -0.480 e. The Morgan fingerprint density at radius 2 is 2.18 bits per heavy atom. The van der Waals surface area contributed by atoms with Gasteiger partial charge in [-0.2, -0.15) is 0 Å². The van der Waals surface area contributed by atoms with Crippen molar-refractivity contribution in [2.45, 2.75) is 18.9 Å². The Morgan fingerprint density at radius 1 is 1.47 bits per heavy atom. The topological polar surface area (TPSA) is 57.6 Å². The second kappa shape index (κ2) is 4.84. The van der Waals surface area contributed by atoms with Gasteiger partial charge in [0.15, 0.2) is 0 Å². The van der Waals surface area contributed by atoms with Crippen LogP contribution in [0.2, 0.25) is 8.67 Å². The summed E-state index contributed by atoms with van der Waals surface area (Å²) in [5.41, 5.74) is 0.287. The Bertz CT molecular complexity index is 474. The first-order valence-electron chi connectivity index (χ1n) is 4.99. The van der Waals surface area contributed by atoms with Gasteiger partial charge >= 0.3 is 5.97 Å². The zero-order valence-corrected chi connectivity index (χ0v) is 11.0. The maximum atomic E-state index is 12.1. The molecule has 0 radical (unpaired) electrons. The number of rotatable bonds is 2. The van der Waals surface area contributed by atoms with Crippen molar-refractivity contribution < 1.29 is 14.7 Å². The molecule has 0 unspecified atom stereocenters. The Morgan fingerprint density at radius 3 is 2.71 bits per heavy atom. The van der Waals surface area contributed by atoms with Crippen molar-refractivity contribution in [1.82, 2.24) is 4.90 Å². The standard InChI is InChI=1S/C10H9Cl2NO3S/c11-7-4-5(8(12)17-7)9(14)13-3-1-2-6(13)10(15)16/h4,6H,1-3H2,(H,15,16)/t6-/m1/s1. The van der Waals surface area contributed by atoms with Crippen LogP contribution >= 0.6 is 34.5 Å². The van der Waals surface area contributed by atoms with Crippen LogP contribution < -0.4 is 0 Å². The van der Waals surface area contributed by atoms with Gasteiger partial charge in [0.2, 0.25) is 0 Å². The maximum absolute atomic E-state index is 12.1. The summed E-state index contributed by atoms with van der Waals surface area (Å²) in [6.45, 7) is 0.444. The lowest BCUT2D eigenvalue weighted by atomic mass is 10.2. The van der Waals surface area contributed by atoms with Gasteiger partial charge in [0, 0.05) is 6.54 Å². The molecule has 1 atom stereocenters. The summed E-state index contributed by atoms with van der Waals surface area (Å²) in [6, 6.07) is 0.728. The van der Waals surface area contributed by atoms with Gasteiger partial charge < -0.3 is 10.0 Å². The molecular formula is C10H9Cl2NO3S. The van der Waals surface area contributed by atoms with Crippen LogP contribution in [-0.2, 0) is 4.79 Å². The highest BCUT2D eigenvalue weighted by Crippen LogP contribution is 2.33. The van der Waals surface area contributed by atoms with E-state index in [9.17, 15) is 9.59 Å². The Labute approximate surface area is 112 Å². The van der Waals surface area contributed by atoms with Gasteiger partial charge in [-0.25, -0.2) is 4.79 Å². The molecule has 0 spiro atoms. The Hall–Kier alpha value is -0.780. The third kappa shape index (κ3) is 2.41. The summed E-state index contributed by atoms with van der Waals surface area (Å²) in [6.07, 6.45) is 1.18. The van der Waals surface area contributed by atoms with Gasteiger partial charge in [0.1, 0.15) is 10.4 Å². The minimum absolute atomic E-state index is 0.287. The summed E-state index contributed by atoms with van der Waals surface area (Å²) < 4.78 is 0.723. The molecule has 1 saturated heterocycles. The summed E-state index contributed by atoms with van der Waals surface area (Å²) in [5.74, 6) is -1.34. The number of carboxylic acids is 1. The molecule has 0 aliphatic carbocycles. The molecule has 0 saturated carbocycles. The fraction of sp³-hybridized carbons (Fsp3) is 0.400. The van der Waals surface area contributed by atoms with E-state index < -0.39 is 12.0 Å². The van der Waals surface area contributed by atoms with Crippen molar-refractivity contribution in [2.24, 2.45) is 0 Å². The molecule has 1 N–H and O–H groups in total. The lowest BCUT2D eigenvalue weighted by molar-refractivity contribution is -0.141. The van der Waals surface area contributed by atoms with E-state index in [1.807, 2.05) is 0 Å². The second-order valence-electron chi connectivity index (χ2n) is 3.73. The molecule has 1 amide bonds. The van der Waals surface area contributed by atoms with Crippen molar-refractivity contribution in [1.29, 1.82) is 0 Å². The largest absolute Gasteiger partial charge is 0.480 e. The number of hydrogen-bond donors (Lipinski definition) is 1. The van der Waals surface area contributed by atoms with E-state index in [1.165, 1.54) is 11.0 Å². The number of hydrogen-bond acceptors (Lipinski definition) is 3. The van der Waals surface area contributed by atoms with E-state index in [2.05, 4.69) is 0 Å². The van der Waals surface area contributed by atoms with Crippen LogP contribution in [0.1, 0.15) is 23.2 Å². The number of carboxylic acid groups (broad SMARTS) is 1. The van der Waals surface area contributed by atoms with Crippen molar-refractivity contribution in [3.63, 3.8) is 0 Å². The molecule has 0 aromatic carbocycles. The van der Waals surface area contributed by atoms with Crippen LogP contribution in [0.3, 0.4) is 0 Å². The Balaban J connectivity index is 2.25. The number of aliphatic carboxylic acids is 1. The summed E-state index contributed by atoms with van der Waals surface area (Å²) in [5, 5.41) is 9.00. The molecule has 4 nitrogen and oxygen atoms in total. The molecule has 1 aromatic rings. The van der Waals surface area contributed by atoms with Crippen molar-refractivity contribution in [3.8, 4) is 0 Å². The molecule has 0 bridgehead atoms. The van der Waals surface area contributed by atoms with Crippen molar-refractivity contribution >= 4 is 46.4 Å². The van der Waals surface area contributed by atoms with E-state index in [0.717, 1.165) is 11.3 Å². The number of thiophene rings is 1. The average Bonchev–Trinajstić information content (AvgIpc) is 2.83. The van der Waals surface area contributed by atoms with E-state index in [4.69, 9.17) is 28.3 Å². The SMILES string of the molecule is O=C(O)[C@H]1CCCN1C(=O)c1cc(Cl)sc1Cl. The third-order valence-electron chi connectivity index (χ3n) is 2.69. The zero-order chi connectivity index (χ0) is 12.6. The first kappa shape index (κ1) is 12.7. The van der Waals surface area contributed by atoms with E-state index in [-0.39, 0.29) is 11.5 Å². The Kier molecular flexibility index (Phi) is 3.61. The van der Waals surface area contributed by atoms with Crippen molar-refractivity contribution in [3.05, 3.63) is 20.3 Å².